The summed E-state index contributed by atoms with van der Waals surface area (Å²) >= 11 is 0. The van der Waals surface area contributed by atoms with Crippen molar-refractivity contribution in [2.45, 2.75) is 52.4 Å². The smallest absolute Gasteiger partial charge is 0.0909 e. The molecule has 0 aliphatic rings. The van der Waals surface area contributed by atoms with E-state index in [1.54, 1.807) is 10.4 Å². The van der Waals surface area contributed by atoms with E-state index in [1.165, 1.54) is 11.1 Å². The molecule has 0 bridgehead atoms. The molecule has 144 valence electrons. The van der Waals surface area contributed by atoms with Crippen molar-refractivity contribution in [3.05, 3.63) is 83.2 Å². The van der Waals surface area contributed by atoms with Gasteiger partial charge in [-0.25, -0.2) is 0 Å². The van der Waals surface area contributed by atoms with Gasteiger partial charge in [0.1, 0.15) is 0 Å². The molecule has 27 heavy (non-hydrogen) atoms. The van der Waals surface area contributed by atoms with Gasteiger partial charge in [0, 0.05) is 0 Å². The van der Waals surface area contributed by atoms with E-state index in [2.05, 4.69) is 124 Å². The Hall–Kier alpha value is -1.43. The molecule has 0 aliphatic heterocycles. The molecule has 0 spiro atoms. The van der Waals surface area contributed by atoms with Gasteiger partial charge in [-0.1, -0.05) is 135 Å². The summed E-state index contributed by atoms with van der Waals surface area (Å²) in [6.07, 6.45) is 0. The highest BCUT2D eigenvalue weighted by Crippen LogP contribution is 2.32. The monoisotopic (exact) mass is 408 g/mol. The van der Waals surface area contributed by atoms with Crippen LogP contribution in [-0.4, -0.2) is 24.2 Å². The maximum absolute atomic E-state index is 2.68. The zero-order valence-electron chi connectivity index (χ0n) is 18.4. The summed E-state index contributed by atoms with van der Waals surface area (Å²) < 4.78 is 0. The van der Waals surface area contributed by atoms with Crippen LogP contribution in [0.2, 0.25) is 52.4 Å². The molecule has 2 aromatic rings. The molecule has 0 saturated carbocycles. The molecule has 0 fully saturated rings. The van der Waals surface area contributed by atoms with Crippen molar-refractivity contribution < 1.29 is 0 Å². The Kier molecular flexibility index (Phi) is 6.72. The number of hydrogen-bond donors (Lipinski definition) is 0. The SMILES string of the molecule is C[Si](C)(/C=C(\c1ccccc1)[Si](C)(C)C)/C=C(\c1ccccc1)[Si](C)(C)C. The number of hydrogen-bond acceptors (Lipinski definition) is 0. The average molecular weight is 409 g/mol. The van der Waals surface area contributed by atoms with Crippen LogP contribution in [0.3, 0.4) is 0 Å². The normalized spacial score (nSPS) is 14.4. The minimum Gasteiger partial charge on any atom is -0.0909 e. The van der Waals surface area contributed by atoms with Gasteiger partial charge in [0.15, 0.2) is 0 Å². The molecule has 0 atom stereocenters. The Morgan fingerprint density at radius 3 is 1.07 bits per heavy atom. The highest BCUT2D eigenvalue weighted by atomic mass is 28.3. The maximum atomic E-state index is 2.68. The Labute approximate surface area is 170 Å². The molecule has 0 saturated heterocycles. The maximum Gasteiger partial charge on any atom is 0.0952 e. The highest BCUT2D eigenvalue weighted by molar-refractivity contribution is 7.01. The van der Waals surface area contributed by atoms with Crippen LogP contribution in [0.15, 0.2) is 72.1 Å². The van der Waals surface area contributed by atoms with Gasteiger partial charge in [-0.3, -0.25) is 0 Å². The predicted molar refractivity (Wildman–Crippen MR) is 133 cm³/mol. The summed E-state index contributed by atoms with van der Waals surface area (Å²) in [5, 5.41) is 3.22. The second-order valence-electron chi connectivity index (χ2n) is 10.2. The summed E-state index contributed by atoms with van der Waals surface area (Å²) in [6.45, 7) is 19.8. The van der Waals surface area contributed by atoms with E-state index < -0.39 is 24.2 Å². The van der Waals surface area contributed by atoms with Gasteiger partial charge < -0.3 is 0 Å². The first-order chi connectivity index (χ1) is 12.4. The number of rotatable bonds is 6. The Morgan fingerprint density at radius 2 is 0.815 bits per heavy atom. The van der Waals surface area contributed by atoms with Crippen LogP contribution < -0.4 is 0 Å². The first kappa shape index (κ1) is 21.9. The van der Waals surface area contributed by atoms with Gasteiger partial charge in [-0.2, -0.15) is 0 Å². The van der Waals surface area contributed by atoms with Crippen LogP contribution >= 0.6 is 0 Å². The van der Waals surface area contributed by atoms with E-state index in [0.717, 1.165) is 0 Å². The van der Waals surface area contributed by atoms with Gasteiger partial charge >= 0.3 is 0 Å². The molecule has 2 aromatic carbocycles. The van der Waals surface area contributed by atoms with E-state index in [0.29, 0.717) is 0 Å². The molecule has 0 radical (unpaired) electrons. The van der Waals surface area contributed by atoms with Crippen LogP contribution in [0.25, 0.3) is 10.4 Å². The molecular formula is C24H36Si3. The summed E-state index contributed by atoms with van der Waals surface area (Å²) in [4.78, 5) is 0. The zero-order valence-corrected chi connectivity index (χ0v) is 21.4. The van der Waals surface area contributed by atoms with Crippen LogP contribution in [0.1, 0.15) is 11.1 Å². The minimum absolute atomic E-state index is 1.42. The molecule has 0 amide bonds. The fourth-order valence-corrected chi connectivity index (χ4v) is 13.2. The van der Waals surface area contributed by atoms with Crippen molar-refractivity contribution in [3.63, 3.8) is 0 Å². The highest BCUT2D eigenvalue weighted by Gasteiger charge is 2.28. The second kappa shape index (κ2) is 8.29. The summed E-state index contributed by atoms with van der Waals surface area (Å²) in [7, 11) is -4.54. The van der Waals surface area contributed by atoms with Crippen molar-refractivity contribution >= 4 is 34.6 Å². The van der Waals surface area contributed by atoms with Gasteiger partial charge in [0.25, 0.3) is 0 Å². The van der Waals surface area contributed by atoms with Crippen LogP contribution in [0, 0.1) is 0 Å². The molecule has 0 unspecified atom stereocenters. The lowest BCUT2D eigenvalue weighted by atomic mass is 10.2. The van der Waals surface area contributed by atoms with E-state index in [4.69, 9.17) is 0 Å². The Bertz CT molecular complexity index is 733. The molecule has 0 aliphatic carbocycles. The van der Waals surface area contributed by atoms with Crippen molar-refractivity contribution in [2.75, 3.05) is 0 Å². The average Bonchev–Trinajstić information content (AvgIpc) is 2.57. The van der Waals surface area contributed by atoms with Crippen molar-refractivity contribution in [1.82, 2.24) is 0 Å². The van der Waals surface area contributed by atoms with Crippen molar-refractivity contribution in [2.24, 2.45) is 0 Å². The standard InChI is InChI=1S/C24H36Si3/c1-25(2,3)23(21-15-11-9-12-16-21)19-27(7,8)20-24(26(4,5)6)22-17-13-10-14-18-22/h9-20H,1-8H3/b23-19+,24-20+. The molecule has 2 rings (SSSR count). The fourth-order valence-electron chi connectivity index (χ4n) is 3.49. The van der Waals surface area contributed by atoms with Crippen molar-refractivity contribution in [3.8, 4) is 0 Å². The lowest BCUT2D eigenvalue weighted by molar-refractivity contribution is 1.60. The number of benzene rings is 2. The molecule has 0 heterocycles. The van der Waals surface area contributed by atoms with E-state index >= 15 is 0 Å². The molecule has 0 N–H and O–H groups in total. The summed E-state index contributed by atoms with van der Waals surface area (Å²) in [5.41, 5.74) is 8.19. The van der Waals surface area contributed by atoms with Gasteiger partial charge in [-0.05, 0) is 11.1 Å². The van der Waals surface area contributed by atoms with Crippen LogP contribution in [0.5, 0.6) is 0 Å². The van der Waals surface area contributed by atoms with Gasteiger partial charge in [-0.15, -0.1) is 0 Å². The molecule has 3 heteroatoms. The summed E-state index contributed by atoms with van der Waals surface area (Å²) in [6, 6.07) is 22.1. The molecule has 0 aromatic heterocycles. The quantitative estimate of drug-likeness (QED) is 0.430. The van der Waals surface area contributed by atoms with E-state index in [9.17, 15) is 0 Å². The molecular weight excluding hydrogens is 373 g/mol. The molecule has 0 nitrogen and oxygen atoms in total. The third kappa shape index (κ3) is 6.30. The Balaban J connectivity index is 2.59. The first-order valence-corrected chi connectivity index (χ1v) is 20.1. The summed E-state index contributed by atoms with van der Waals surface area (Å²) in [5.74, 6) is 0. The van der Waals surface area contributed by atoms with E-state index in [1.807, 2.05) is 0 Å². The lowest BCUT2D eigenvalue weighted by Gasteiger charge is -2.29. The largest absolute Gasteiger partial charge is 0.0952 e. The van der Waals surface area contributed by atoms with E-state index in [-0.39, 0.29) is 0 Å². The van der Waals surface area contributed by atoms with Crippen LogP contribution in [0.4, 0.5) is 0 Å². The Morgan fingerprint density at radius 1 is 0.519 bits per heavy atom. The lowest BCUT2D eigenvalue weighted by Crippen LogP contribution is -2.31. The van der Waals surface area contributed by atoms with Gasteiger partial charge in [0.05, 0.1) is 24.2 Å². The fraction of sp³-hybridized carbons (Fsp3) is 0.333. The third-order valence-electron chi connectivity index (χ3n) is 4.82. The third-order valence-corrected chi connectivity index (χ3v) is 11.6. The van der Waals surface area contributed by atoms with Crippen LogP contribution in [-0.2, 0) is 0 Å². The topological polar surface area (TPSA) is 0 Å². The minimum atomic E-state index is -1.67. The zero-order chi connectivity index (χ0) is 20.3. The predicted octanol–water partition coefficient (Wildman–Crippen LogP) is 7.70. The van der Waals surface area contributed by atoms with Gasteiger partial charge in [0.2, 0.25) is 0 Å². The second-order valence-corrected chi connectivity index (χ2v) is 24.5. The van der Waals surface area contributed by atoms with Crippen molar-refractivity contribution in [1.29, 1.82) is 0 Å². The first-order valence-electron chi connectivity index (χ1n) is 9.98.